The molecule has 0 bridgehead atoms. The highest BCUT2D eigenvalue weighted by Crippen LogP contribution is 2.28. The second-order valence-electron chi connectivity index (χ2n) is 7.07. The Morgan fingerprint density at radius 1 is 1.03 bits per heavy atom. The fourth-order valence-electron chi connectivity index (χ4n) is 3.47. The first kappa shape index (κ1) is 20.3. The summed E-state index contributed by atoms with van der Waals surface area (Å²) < 4.78 is 6.68. The molecule has 2 aromatic heterocycles. The van der Waals surface area contributed by atoms with Gasteiger partial charge in [0.25, 0.3) is 5.91 Å². The topological polar surface area (TPSA) is 85.6 Å². The van der Waals surface area contributed by atoms with Gasteiger partial charge in [-0.1, -0.05) is 30.3 Å². The Bertz CT molecular complexity index is 1260. The zero-order valence-electron chi connectivity index (χ0n) is 17.5. The fourth-order valence-corrected chi connectivity index (χ4v) is 3.47. The molecule has 1 amide bonds. The zero-order chi connectivity index (χ0) is 22.0. The van der Waals surface area contributed by atoms with Crippen molar-refractivity contribution in [3.8, 4) is 11.1 Å². The van der Waals surface area contributed by atoms with Gasteiger partial charge in [-0.3, -0.25) is 4.79 Å². The number of amides is 1. The molecule has 0 saturated carbocycles. The van der Waals surface area contributed by atoms with Crippen molar-refractivity contribution in [2.24, 2.45) is 0 Å². The minimum absolute atomic E-state index is 0.301. The molecule has 0 radical (unpaired) electrons. The van der Waals surface area contributed by atoms with Gasteiger partial charge in [-0.2, -0.15) is 5.10 Å². The van der Waals surface area contributed by atoms with Gasteiger partial charge in [0.15, 0.2) is 5.65 Å². The third-order valence-corrected chi connectivity index (χ3v) is 5.02. The van der Waals surface area contributed by atoms with Crippen LogP contribution in [0.5, 0.6) is 0 Å². The Kier molecular flexibility index (Phi) is 5.49. The van der Waals surface area contributed by atoms with Crippen molar-refractivity contribution < 1.29 is 14.3 Å². The molecule has 0 fully saturated rings. The predicted molar refractivity (Wildman–Crippen MR) is 118 cm³/mol. The fraction of sp³-hybridized carbons (Fsp3) is 0.167. The summed E-state index contributed by atoms with van der Waals surface area (Å²) in [6, 6.07) is 16.5. The summed E-state index contributed by atoms with van der Waals surface area (Å²) in [4.78, 5) is 29.2. The Morgan fingerprint density at radius 2 is 1.74 bits per heavy atom. The summed E-state index contributed by atoms with van der Waals surface area (Å²) in [6.07, 6.45) is 1.57. The molecule has 0 aliphatic rings. The smallest absolute Gasteiger partial charge is 0.338 e. The Balaban J connectivity index is 1.62. The molecule has 156 valence electrons. The molecule has 0 aliphatic heterocycles. The highest BCUT2D eigenvalue weighted by molar-refractivity contribution is 6.05. The van der Waals surface area contributed by atoms with E-state index in [-0.39, 0.29) is 5.91 Å². The van der Waals surface area contributed by atoms with E-state index in [0.29, 0.717) is 34.8 Å². The summed E-state index contributed by atoms with van der Waals surface area (Å²) in [6.45, 7) is 5.84. The lowest BCUT2D eigenvalue weighted by atomic mass is 10.1. The van der Waals surface area contributed by atoms with Crippen molar-refractivity contribution in [3.63, 3.8) is 0 Å². The molecule has 0 atom stereocenters. The summed E-state index contributed by atoms with van der Waals surface area (Å²) >= 11 is 0. The van der Waals surface area contributed by atoms with Crippen molar-refractivity contribution in [1.29, 1.82) is 0 Å². The Labute approximate surface area is 179 Å². The number of benzene rings is 2. The van der Waals surface area contributed by atoms with E-state index in [4.69, 9.17) is 4.74 Å². The molecule has 7 nitrogen and oxygen atoms in total. The van der Waals surface area contributed by atoms with E-state index in [0.717, 1.165) is 16.8 Å². The van der Waals surface area contributed by atoms with E-state index in [2.05, 4.69) is 15.4 Å². The maximum absolute atomic E-state index is 12.9. The first-order valence-corrected chi connectivity index (χ1v) is 9.98. The molecule has 0 spiro atoms. The number of hydrogen-bond acceptors (Lipinski definition) is 5. The number of hydrogen-bond donors (Lipinski definition) is 1. The predicted octanol–water partition coefficient (Wildman–Crippen LogP) is 4.44. The van der Waals surface area contributed by atoms with Crippen LogP contribution in [0.4, 0.5) is 5.69 Å². The SMILES string of the molecule is CCOC(=O)c1ccc(NC(=O)c2cnc3c(-c4ccccc4)c(C)nn3c2C)cc1. The van der Waals surface area contributed by atoms with Crippen molar-refractivity contribution in [2.45, 2.75) is 20.8 Å². The van der Waals surface area contributed by atoms with Crippen molar-refractivity contribution in [1.82, 2.24) is 14.6 Å². The van der Waals surface area contributed by atoms with Crippen molar-refractivity contribution in [3.05, 3.63) is 83.3 Å². The van der Waals surface area contributed by atoms with Crippen LogP contribution >= 0.6 is 0 Å². The minimum atomic E-state index is -0.394. The molecule has 4 rings (SSSR count). The minimum Gasteiger partial charge on any atom is -0.462 e. The zero-order valence-corrected chi connectivity index (χ0v) is 17.5. The van der Waals surface area contributed by atoms with Crippen LogP contribution in [0.2, 0.25) is 0 Å². The largest absolute Gasteiger partial charge is 0.462 e. The molecular formula is C24H22N4O3. The van der Waals surface area contributed by atoms with Gasteiger partial charge in [0.2, 0.25) is 0 Å². The quantitative estimate of drug-likeness (QED) is 0.488. The summed E-state index contributed by atoms with van der Waals surface area (Å²) in [5, 5.41) is 7.45. The average molecular weight is 414 g/mol. The van der Waals surface area contributed by atoms with Gasteiger partial charge in [-0.05, 0) is 50.6 Å². The molecular weight excluding hydrogens is 392 g/mol. The van der Waals surface area contributed by atoms with Gasteiger partial charge in [0.05, 0.1) is 29.1 Å². The average Bonchev–Trinajstić information content (AvgIpc) is 3.12. The molecule has 1 N–H and O–H groups in total. The standard InChI is InChI=1S/C24H22N4O3/c1-4-31-24(30)18-10-12-19(13-11-18)26-23(29)20-14-25-22-21(17-8-6-5-7-9-17)15(2)27-28(22)16(20)3/h5-14H,4H2,1-3H3,(H,26,29). The van der Waals surface area contributed by atoms with Crippen molar-refractivity contribution >= 4 is 23.2 Å². The molecule has 2 heterocycles. The monoisotopic (exact) mass is 414 g/mol. The van der Waals surface area contributed by atoms with Crippen LogP contribution < -0.4 is 5.32 Å². The number of ether oxygens (including phenoxy) is 1. The van der Waals surface area contributed by atoms with Gasteiger partial charge < -0.3 is 10.1 Å². The lowest BCUT2D eigenvalue weighted by Crippen LogP contribution is -2.16. The number of aromatic nitrogens is 3. The van der Waals surface area contributed by atoms with Crippen LogP contribution in [0.1, 0.15) is 39.0 Å². The third-order valence-electron chi connectivity index (χ3n) is 5.02. The van der Waals surface area contributed by atoms with Gasteiger partial charge >= 0.3 is 5.97 Å². The van der Waals surface area contributed by atoms with Gasteiger partial charge in [0.1, 0.15) is 0 Å². The molecule has 2 aromatic carbocycles. The van der Waals surface area contributed by atoms with E-state index >= 15 is 0 Å². The summed E-state index contributed by atoms with van der Waals surface area (Å²) in [5.74, 6) is -0.695. The highest BCUT2D eigenvalue weighted by atomic mass is 16.5. The van der Waals surface area contributed by atoms with Gasteiger partial charge in [0, 0.05) is 17.4 Å². The van der Waals surface area contributed by atoms with E-state index < -0.39 is 5.97 Å². The first-order chi connectivity index (χ1) is 15.0. The number of fused-ring (bicyclic) bond motifs is 1. The number of anilines is 1. The normalized spacial score (nSPS) is 10.8. The first-order valence-electron chi connectivity index (χ1n) is 9.98. The van der Waals surface area contributed by atoms with Crippen LogP contribution in [0, 0.1) is 13.8 Å². The number of rotatable bonds is 5. The van der Waals surface area contributed by atoms with Gasteiger partial charge in [-0.15, -0.1) is 0 Å². The van der Waals surface area contributed by atoms with E-state index in [9.17, 15) is 9.59 Å². The second-order valence-corrected chi connectivity index (χ2v) is 7.07. The number of carbonyl (C=O) groups excluding carboxylic acids is 2. The van der Waals surface area contributed by atoms with E-state index in [1.165, 1.54) is 0 Å². The van der Waals surface area contributed by atoms with E-state index in [1.54, 1.807) is 41.9 Å². The Hall–Kier alpha value is -4.00. The molecule has 4 aromatic rings. The number of esters is 1. The lowest BCUT2D eigenvalue weighted by molar-refractivity contribution is 0.0526. The second kappa shape index (κ2) is 8.39. The van der Waals surface area contributed by atoms with Crippen LogP contribution in [-0.2, 0) is 4.74 Å². The van der Waals surface area contributed by atoms with Crippen molar-refractivity contribution in [2.75, 3.05) is 11.9 Å². The third kappa shape index (κ3) is 3.90. The van der Waals surface area contributed by atoms with Crippen LogP contribution in [0.25, 0.3) is 16.8 Å². The number of nitrogens with one attached hydrogen (secondary N) is 1. The number of aryl methyl sites for hydroxylation is 2. The molecule has 0 aliphatic carbocycles. The number of carbonyl (C=O) groups is 2. The van der Waals surface area contributed by atoms with Crippen LogP contribution in [0.15, 0.2) is 60.8 Å². The molecule has 0 saturated heterocycles. The summed E-state index contributed by atoms with van der Waals surface area (Å²) in [7, 11) is 0. The number of nitrogens with zero attached hydrogens (tertiary/aromatic N) is 3. The molecule has 7 heteroatoms. The molecule has 0 unspecified atom stereocenters. The van der Waals surface area contributed by atoms with Gasteiger partial charge in [-0.25, -0.2) is 14.3 Å². The maximum atomic E-state index is 12.9. The molecule has 31 heavy (non-hydrogen) atoms. The van der Waals surface area contributed by atoms with Crippen LogP contribution in [0.3, 0.4) is 0 Å². The van der Waals surface area contributed by atoms with E-state index in [1.807, 2.05) is 44.2 Å². The lowest BCUT2D eigenvalue weighted by Gasteiger charge is -2.09. The maximum Gasteiger partial charge on any atom is 0.338 e. The highest BCUT2D eigenvalue weighted by Gasteiger charge is 2.19. The Morgan fingerprint density at radius 3 is 2.42 bits per heavy atom. The van der Waals surface area contributed by atoms with Crippen LogP contribution in [-0.4, -0.2) is 33.1 Å². The summed E-state index contributed by atoms with van der Waals surface area (Å²) in [5.41, 5.74) is 5.63.